The fourth-order valence-corrected chi connectivity index (χ4v) is 3.22. The first-order valence-electron chi connectivity index (χ1n) is 7.91. The molecule has 0 aliphatic carbocycles. The molecule has 0 bridgehead atoms. The predicted octanol–water partition coefficient (Wildman–Crippen LogP) is 3.13. The molecule has 4 nitrogen and oxygen atoms in total. The molecule has 2 rings (SSSR count). The van der Waals surface area contributed by atoms with Crippen molar-refractivity contribution in [1.29, 1.82) is 5.41 Å². The Kier molecular flexibility index (Phi) is 5.62. The Hall–Kier alpha value is -1.55. The van der Waals surface area contributed by atoms with Gasteiger partial charge in [0.05, 0.1) is 7.11 Å². The number of hydrogen-bond donors (Lipinski definition) is 2. The van der Waals surface area contributed by atoms with Crippen molar-refractivity contribution in [1.82, 2.24) is 4.90 Å². The molecule has 1 heterocycles. The Morgan fingerprint density at radius 1 is 1.43 bits per heavy atom. The van der Waals surface area contributed by atoms with Crippen LogP contribution in [-0.2, 0) is 6.54 Å². The Balaban J connectivity index is 2.19. The Bertz CT molecular complexity index is 485. The van der Waals surface area contributed by atoms with Crippen LogP contribution in [0.15, 0.2) is 18.2 Å². The molecule has 0 amide bonds. The summed E-state index contributed by atoms with van der Waals surface area (Å²) < 4.78 is 5.48. The third kappa shape index (κ3) is 3.97. The highest BCUT2D eigenvalue weighted by Crippen LogP contribution is 2.27. The summed E-state index contributed by atoms with van der Waals surface area (Å²) in [6.07, 6.45) is 6.39. The Morgan fingerprint density at radius 2 is 2.24 bits per heavy atom. The number of benzene rings is 1. The maximum absolute atomic E-state index is 7.61. The van der Waals surface area contributed by atoms with Gasteiger partial charge in [0, 0.05) is 23.7 Å². The van der Waals surface area contributed by atoms with Gasteiger partial charge in [-0.15, -0.1) is 0 Å². The van der Waals surface area contributed by atoms with Crippen LogP contribution in [0, 0.1) is 5.41 Å². The van der Waals surface area contributed by atoms with E-state index < -0.39 is 0 Å². The summed E-state index contributed by atoms with van der Waals surface area (Å²) in [7, 11) is 1.70. The van der Waals surface area contributed by atoms with E-state index in [1.165, 1.54) is 32.1 Å². The maximum atomic E-state index is 7.61. The first kappa shape index (κ1) is 15.8. The first-order valence-corrected chi connectivity index (χ1v) is 7.91. The topological polar surface area (TPSA) is 62.3 Å². The van der Waals surface area contributed by atoms with Crippen LogP contribution in [0.1, 0.15) is 50.2 Å². The molecular formula is C17H27N3O. The zero-order valence-corrected chi connectivity index (χ0v) is 13.2. The number of piperidine rings is 1. The number of methoxy groups -OCH3 is 1. The number of rotatable bonds is 6. The van der Waals surface area contributed by atoms with Gasteiger partial charge < -0.3 is 10.5 Å². The van der Waals surface area contributed by atoms with Gasteiger partial charge in [-0.1, -0.05) is 19.8 Å². The van der Waals surface area contributed by atoms with Crippen LogP contribution in [0.2, 0.25) is 0 Å². The second kappa shape index (κ2) is 7.46. The SMILES string of the molecule is CCCC1CCCCN1Cc1cc(C(=N)N)ccc1OC. The molecule has 1 atom stereocenters. The molecule has 0 spiro atoms. The fourth-order valence-electron chi connectivity index (χ4n) is 3.22. The molecule has 3 N–H and O–H groups in total. The van der Waals surface area contributed by atoms with E-state index in [4.69, 9.17) is 15.9 Å². The Labute approximate surface area is 127 Å². The average Bonchev–Trinajstić information content (AvgIpc) is 2.49. The quantitative estimate of drug-likeness (QED) is 0.624. The minimum Gasteiger partial charge on any atom is -0.496 e. The molecule has 1 fully saturated rings. The number of amidine groups is 1. The standard InChI is InChI=1S/C17H27N3O/c1-3-6-15-7-4-5-10-20(15)12-14-11-13(17(18)19)8-9-16(14)21-2/h8-9,11,15H,3-7,10,12H2,1-2H3,(H3,18,19). The van der Waals surface area contributed by atoms with Crippen molar-refractivity contribution < 1.29 is 4.74 Å². The van der Waals surface area contributed by atoms with Crippen molar-refractivity contribution in [3.8, 4) is 5.75 Å². The third-order valence-corrected chi connectivity index (χ3v) is 4.34. The largest absolute Gasteiger partial charge is 0.496 e. The summed E-state index contributed by atoms with van der Waals surface area (Å²) >= 11 is 0. The number of ether oxygens (including phenoxy) is 1. The van der Waals surface area contributed by atoms with E-state index in [-0.39, 0.29) is 5.84 Å². The first-order chi connectivity index (χ1) is 10.2. The lowest BCUT2D eigenvalue weighted by molar-refractivity contribution is 0.130. The summed E-state index contributed by atoms with van der Waals surface area (Å²) in [6.45, 7) is 4.29. The van der Waals surface area contributed by atoms with Crippen LogP contribution in [0.25, 0.3) is 0 Å². The molecule has 0 aromatic heterocycles. The van der Waals surface area contributed by atoms with Crippen molar-refractivity contribution in [2.75, 3.05) is 13.7 Å². The molecular weight excluding hydrogens is 262 g/mol. The molecule has 1 saturated heterocycles. The van der Waals surface area contributed by atoms with Crippen molar-refractivity contribution >= 4 is 5.84 Å². The van der Waals surface area contributed by atoms with Crippen molar-refractivity contribution in [2.24, 2.45) is 5.73 Å². The van der Waals surface area contributed by atoms with Gasteiger partial charge in [-0.25, -0.2) is 0 Å². The van der Waals surface area contributed by atoms with E-state index in [1.807, 2.05) is 18.2 Å². The second-order valence-corrected chi connectivity index (χ2v) is 5.85. The summed E-state index contributed by atoms with van der Waals surface area (Å²) in [5.41, 5.74) is 7.52. The number of likely N-dealkylation sites (tertiary alicyclic amines) is 1. The van der Waals surface area contributed by atoms with E-state index >= 15 is 0 Å². The molecule has 0 radical (unpaired) electrons. The van der Waals surface area contributed by atoms with Gasteiger partial charge in [-0.2, -0.15) is 0 Å². The highest BCUT2D eigenvalue weighted by atomic mass is 16.5. The minimum absolute atomic E-state index is 0.114. The molecule has 1 aromatic rings. The lowest BCUT2D eigenvalue weighted by Crippen LogP contribution is -2.38. The summed E-state index contributed by atoms with van der Waals surface area (Å²) in [5.74, 6) is 1.00. The number of nitrogen functional groups attached to an aromatic ring is 1. The van der Waals surface area contributed by atoms with Crippen LogP contribution in [0.5, 0.6) is 5.75 Å². The molecule has 1 aromatic carbocycles. The highest BCUT2D eigenvalue weighted by Gasteiger charge is 2.22. The van der Waals surface area contributed by atoms with Gasteiger partial charge >= 0.3 is 0 Å². The van der Waals surface area contributed by atoms with Crippen molar-refractivity contribution in [2.45, 2.75) is 51.6 Å². The molecule has 21 heavy (non-hydrogen) atoms. The van der Waals surface area contributed by atoms with Gasteiger partial charge in [0.15, 0.2) is 0 Å². The normalized spacial score (nSPS) is 19.4. The highest BCUT2D eigenvalue weighted by molar-refractivity contribution is 5.95. The zero-order chi connectivity index (χ0) is 15.2. The van der Waals surface area contributed by atoms with Gasteiger partial charge in [-0.3, -0.25) is 10.3 Å². The Morgan fingerprint density at radius 3 is 2.90 bits per heavy atom. The van der Waals surface area contributed by atoms with Crippen LogP contribution < -0.4 is 10.5 Å². The van der Waals surface area contributed by atoms with Crippen LogP contribution in [0.3, 0.4) is 0 Å². The molecule has 4 heteroatoms. The lowest BCUT2D eigenvalue weighted by atomic mass is 9.97. The van der Waals surface area contributed by atoms with Crippen molar-refractivity contribution in [3.63, 3.8) is 0 Å². The minimum atomic E-state index is 0.114. The van der Waals surface area contributed by atoms with Crippen LogP contribution in [-0.4, -0.2) is 30.4 Å². The fraction of sp³-hybridized carbons (Fsp3) is 0.588. The summed E-state index contributed by atoms with van der Waals surface area (Å²) in [5, 5.41) is 7.61. The van der Waals surface area contributed by atoms with Crippen LogP contribution in [0.4, 0.5) is 0 Å². The van der Waals surface area contributed by atoms with Gasteiger partial charge in [-0.05, 0) is 44.0 Å². The molecule has 1 aliphatic rings. The van der Waals surface area contributed by atoms with Crippen LogP contribution >= 0.6 is 0 Å². The van der Waals surface area contributed by atoms with E-state index in [2.05, 4.69) is 11.8 Å². The second-order valence-electron chi connectivity index (χ2n) is 5.85. The van der Waals surface area contributed by atoms with Gasteiger partial charge in [0.25, 0.3) is 0 Å². The zero-order valence-electron chi connectivity index (χ0n) is 13.2. The molecule has 1 aliphatic heterocycles. The van der Waals surface area contributed by atoms with E-state index in [0.717, 1.165) is 30.0 Å². The van der Waals surface area contributed by atoms with E-state index in [1.54, 1.807) is 7.11 Å². The number of nitrogens with two attached hydrogens (primary N) is 1. The van der Waals surface area contributed by atoms with Gasteiger partial charge in [0.1, 0.15) is 11.6 Å². The number of hydrogen-bond acceptors (Lipinski definition) is 3. The lowest BCUT2D eigenvalue weighted by Gasteiger charge is -2.36. The van der Waals surface area contributed by atoms with Gasteiger partial charge in [0.2, 0.25) is 0 Å². The van der Waals surface area contributed by atoms with E-state index in [9.17, 15) is 0 Å². The maximum Gasteiger partial charge on any atom is 0.123 e. The third-order valence-electron chi connectivity index (χ3n) is 4.34. The predicted molar refractivity (Wildman–Crippen MR) is 87.0 cm³/mol. The molecule has 0 saturated carbocycles. The summed E-state index contributed by atoms with van der Waals surface area (Å²) in [6, 6.07) is 6.45. The number of nitrogens with one attached hydrogen (secondary N) is 1. The number of nitrogens with zero attached hydrogens (tertiary/aromatic N) is 1. The van der Waals surface area contributed by atoms with E-state index in [0.29, 0.717) is 6.04 Å². The monoisotopic (exact) mass is 289 g/mol. The molecule has 116 valence electrons. The van der Waals surface area contributed by atoms with Crippen molar-refractivity contribution in [3.05, 3.63) is 29.3 Å². The average molecular weight is 289 g/mol. The smallest absolute Gasteiger partial charge is 0.123 e. The molecule has 1 unspecified atom stereocenters. The summed E-state index contributed by atoms with van der Waals surface area (Å²) in [4.78, 5) is 2.56.